The Morgan fingerprint density at radius 1 is 1.13 bits per heavy atom. The third kappa shape index (κ3) is 3.66. The average molecular weight is 406 g/mol. The molecule has 0 spiro atoms. The molecule has 5 atom stereocenters. The zero-order chi connectivity index (χ0) is 20.8. The Balaban J connectivity index is 1.27. The Morgan fingerprint density at radius 3 is 2.43 bits per heavy atom. The molecule has 3 aliphatic carbocycles. The van der Waals surface area contributed by atoms with Crippen molar-refractivity contribution in [3.63, 3.8) is 0 Å². The summed E-state index contributed by atoms with van der Waals surface area (Å²) in [4.78, 5) is 14.6. The molecule has 4 nitrogen and oxygen atoms in total. The number of rotatable bonds is 5. The van der Waals surface area contributed by atoms with Crippen molar-refractivity contribution < 1.29 is 4.79 Å². The molecule has 5 rings (SSSR count). The summed E-state index contributed by atoms with van der Waals surface area (Å²) in [5.41, 5.74) is 8.04. The molecule has 4 heteroatoms. The van der Waals surface area contributed by atoms with Gasteiger partial charge in [-0.05, 0) is 110 Å². The summed E-state index contributed by atoms with van der Waals surface area (Å²) in [5.74, 6) is 2.25. The number of benzene rings is 1. The largest absolute Gasteiger partial charge is 0.322 e. The molecule has 1 aromatic carbocycles. The second kappa shape index (κ2) is 8.00. The van der Waals surface area contributed by atoms with Crippen molar-refractivity contribution in [3.8, 4) is 6.07 Å². The maximum atomic E-state index is 12.7. The van der Waals surface area contributed by atoms with Crippen LogP contribution in [0, 0.1) is 29.1 Å². The molecule has 4 aliphatic rings. The second-order valence-electron chi connectivity index (χ2n) is 10.5. The fourth-order valence-electron chi connectivity index (χ4n) is 6.35. The van der Waals surface area contributed by atoms with Crippen LogP contribution in [0.3, 0.4) is 0 Å². The highest BCUT2D eigenvalue weighted by Crippen LogP contribution is 2.47. The molecule has 1 aliphatic heterocycles. The van der Waals surface area contributed by atoms with Gasteiger partial charge in [-0.2, -0.15) is 5.26 Å². The number of nitrogens with zero attached hydrogens (tertiary/aromatic N) is 2. The van der Waals surface area contributed by atoms with Crippen LogP contribution in [0.4, 0.5) is 0 Å². The van der Waals surface area contributed by atoms with Crippen molar-refractivity contribution in [2.45, 2.75) is 83.7 Å². The minimum Gasteiger partial charge on any atom is -0.322 e. The van der Waals surface area contributed by atoms with E-state index in [1.807, 2.05) is 4.90 Å². The van der Waals surface area contributed by atoms with Gasteiger partial charge in [0.15, 0.2) is 0 Å². The highest BCUT2D eigenvalue weighted by molar-refractivity contribution is 5.80. The average Bonchev–Trinajstić information content (AvgIpc) is 3.40. The van der Waals surface area contributed by atoms with Gasteiger partial charge < -0.3 is 10.2 Å². The maximum Gasteiger partial charge on any atom is 0.237 e. The molecule has 1 aromatic rings. The van der Waals surface area contributed by atoms with E-state index in [1.165, 1.54) is 38.5 Å². The first-order valence-corrected chi connectivity index (χ1v) is 12.1. The van der Waals surface area contributed by atoms with E-state index in [1.54, 1.807) is 27.8 Å². The number of likely N-dealkylation sites (tertiary alicyclic amines) is 1. The zero-order valence-electron chi connectivity index (χ0n) is 18.5. The Labute approximate surface area is 181 Å². The quantitative estimate of drug-likeness (QED) is 0.762. The summed E-state index contributed by atoms with van der Waals surface area (Å²) in [6, 6.07) is 5.01. The highest BCUT2D eigenvalue weighted by atomic mass is 16.2. The fourth-order valence-corrected chi connectivity index (χ4v) is 6.35. The molecule has 30 heavy (non-hydrogen) atoms. The van der Waals surface area contributed by atoms with E-state index >= 15 is 0 Å². The number of fused-ring (bicyclic) bond motifs is 3. The minimum absolute atomic E-state index is 0.117. The number of nitriles is 1. The number of carbonyl (C=O) groups is 1. The lowest BCUT2D eigenvalue weighted by molar-refractivity contribution is -0.131. The van der Waals surface area contributed by atoms with Crippen molar-refractivity contribution in [1.82, 2.24) is 10.2 Å². The molecular formula is C26H35N3O. The molecule has 0 aromatic heterocycles. The predicted molar refractivity (Wildman–Crippen MR) is 118 cm³/mol. The smallest absolute Gasteiger partial charge is 0.237 e. The van der Waals surface area contributed by atoms with Gasteiger partial charge in [0, 0.05) is 6.04 Å². The van der Waals surface area contributed by atoms with Crippen LogP contribution in [0.5, 0.6) is 0 Å². The Hall–Kier alpha value is -1.86. The van der Waals surface area contributed by atoms with Gasteiger partial charge in [0.1, 0.15) is 6.04 Å². The van der Waals surface area contributed by atoms with E-state index in [2.05, 4.69) is 31.3 Å². The van der Waals surface area contributed by atoms with Crippen LogP contribution < -0.4 is 5.32 Å². The van der Waals surface area contributed by atoms with Crippen LogP contribution in [0.1, 0.15) is 67.3 Å². The highest BCUT2D eigenvalue weighted by Gasteiger charge is 2.53. The van der Waals surface area contributed by atoms with Gasteiger partial charge in [-0.1, -0.05) is 19.9 Å². The minimum atomic E-state index is -0.195. The van der Waals surface area contributed by atoms with Gasteiger partial charge in [-0.25, -0.2) is 0 Å². The van der Waals surface area contributed by atoms with Crippen molar-refractivity contribution in [3.05, 3.63) is 33.9 Å². The van der Waals surface area contributed by atoms with Crippen LogP contribution in [-0.2, 0) is 36.9 Å². The summed E-state index contributed by atoms with van der Waals surface area (Å²) in [5, 5.41) is 12.8. The molecule has 1 saturated heterocycles. The van der Waals surface area contributed by atoms with Crippen LogP contribution in [0.25, 0.3) is 0 Å². The van der Waals surface area contributed by atoms with Crippen LogP contribution in [-0.4, -0.2) is 36.0 Å². The van der Waals surface area contributed by atoms with Crippen LogP contribution >= 0.6 is 0 Å². The van der Waals surface area contributed by atoms with Crippen molar-refractivity contribution >= 4 is 5.91 Å². The van der Waals surface area contributed by atoms with E-state index in [9.17, 15) is 10.1 Å². The molecule has 1 heterocycles. The van der Waals surface area contributed by atoms with Gasteiger partial charge >= 0.3 is 0 Å². The molecule has 1 amide bonds. The topological polar surface area (TPSA) is 56.1 Å². The summed E-state index contributed by atoms with van der Waals surface area (Å²) < 4.78 is 0. The zero-order valence-corrected chi connectivity index (χ0v) is 18.5. The van der Waals surface area contributed by atoms with Gasteiger partial charge in [-0.3, -0.25) is 4.79 Å². The molecule has 1 N–H and O–H groups in total. The van der Waals surface area contributed by atoms with Crippen molar-refractivity contribution in [2.75, 3.05) is 13.1 Å². The van der Waals surface area contributed by atoms with E-state index in [0.717, 1.165) is 37.6 Å². The summed E-state index contributed by atoms with van der Waals surface area (Å²) in [6.07, 6.45) is 10.5. The first-order valence-electron chi connectivity index (χ1n) is 12.1. The van der Waals surface area contributed by atoms with E-state index in [4.69, 9.17) is 0 Å². The number of hydrogen-bond acceptors (Lipinski definition) is 3. The summed E-state index contributed by atoms with van der Waals surface area (Å²) in [6.45, 7) is 5.99. The van der Waals surface area contributed by atoms with E-state index in [0.29, 0.717) is 18.5 Å². The fraction of sp³-hybridized carbons (Fsp3) is 0.692. The molecule has 0 radical (unpaired) electrons. The van der Waals surface area contributed by atoms with Crippen LogP contribution in [0.15, 0.2) is 6.07 Å². The Bertz CT molecular complexity index is 847. The normalized spacial score (nSPS) is 31.5. The Morgan fingerprint density at radius 2 is 1.80 bits per heavy atom. The maximum absolute atomic E-state index is 12.7. The summed E-state index contributed by atoms with van der Waals surface area (Å²) in [7, 11) is 0. The lowest BCUT2D eigenvalue weighted by Gasteiger charge is -2.31. The third-order valence-electron chi connectivity index (χ3n) is 8.14. The first-order chi connectivity index (χ1) is 14.5. The van der Waals surface area contributed by atoms with Gasteiger partial charge in [0.05, 0.1) is 12.6 Å². The monoisotopic (exact) mass is 405 g/mol. The van der Waals surface area contributed by atoms with Gasteiger partial charge in [0.25, 0.3) is 0 Å². The van der Waals surface area contributed by atoms with Crippen molar-refractivity contribution in [1.29, 1.82) is 5.26 Å². The molecular weight excluding hydrogens is 370 g/mol. The second-order valence-corrected chi connectivity index (χ2v) is 10.5. The SMILES string of the molecule is CC1CCc2cc3c(c(CCNCC(=O)N4[C@H](C#N)C[C@@H]5C[C@@H]54)c2C1)CC(C)CC3. The Kier molecular flexibility index (Phi) is 5.35. The molecule has 2 fully saturated rings. The summed E-state index contributed by atoms with van der Waals surface area (Å²) >= 11 is 0. The third-order valence-corrected chi connectivity index (χ3v) is 8.14. The number of amides is 1. The van der Waals surface area contributed by atoms with E-state index < -0.39 is 0 Å². The number of hydrogen-bond donors (Lipinski definition) is 1. The predicted octanol–water partition coefficient (Wildman–Crippen LogP) is 3.58. The molecule has 160 valence electrons. The molecule has 2 unspecified atom stereocenters. The molecule has 1 saturated carbocycles. The number of nitrogens with one attached hydrogen (secondary N) is 1. The van der Waals surface area contributed by atoms with Crippen molar-refractivity contribution in [2.24, 2.45) is 17.8 Å². The lowest BCUT2D eigenvalue weighted by Crippen LogP contribution is -2.43. The number of aryl methyl sites for hydroxylation is 2. The van der Waals surface area contributed by atoms with Gasteiger partial charge in [0.2, 0.25) is 5.91 Å². The molecule has 0 bridgehead atoms. The van der Waals surface area contributed by atoms with E-state index in [-0.39, 0.29) is 11.9 Å². The first kappa shape index (κ1) is 20.1. The standard InChI is InChI=1S/C26H35N3O/c1-16-3-5-18-11-19-6-4-17(2)10-24(19)22(23(18)9-16)7-8-28-15-26(30)29-21(14-27)12-20-13-25(20)29/h11,16-17,20-21,25,28H,3-10,12-13,15H2,1-2H3/t16?,17?,20-,21+,25+/m1/s1. The van der Waals surface area contributed by atoms with Gasteiger partial charge in [-0.15, -0.1) is 0 Å². The lowest BCUT2D eigenvalue weighted by atomic mass is 9.74. The number of piperidine rings is 1. The van der Waals surface area contributed by atoms with Crippen LogP contribution in [0.2, 0.25) is 0 Å². The number of carbonyl (C=O) groups excluding carboxylic acids is 1.